The predicted octanol–water partition coefficient (Wildman–Crippen LogP) is 0.738. The summed E-state index contributed by atoms with van der Waals surface area (Å²) in [7, 11) is 0. The van der Waals surface area contributed by atoms with Crippen molar-refractivity contribution < 1.29 is 9.90 Å². The molecule has 0 saturated heterocycles. The Hall–Kier alpha value is -1.55. The highest BCUT2D eigenvalue weighted by atomic mass is 16.3. The normalized spacial score (nSPS) is 23.3. The minimum Gasteiger partial charge on any atom is -0.393 e. The topological polar surface area (TPSA) is 61.4 Å². The van der Waals surface area contributed by atoms with E-state index >= 15 is 0 Å². The Bertz CT molecular complexity index is 347. The highest BCUT2D eigenvalue weighted by molar-refractivity contribution is 5.81. The number of carbonyl (C=O) groups is 1. The summed E-state index contributed by atoms with van der Waals surface area (Å²) in [5, 5.41) is 15.0. The minimum atomic E-state index is -0.229. The maximum Gasteiger partial charge on any atom is 0.239 e. The third kappa shape index (κ3) is 2.97. The molecule has 4 nitrogen and oxygen atoms in total. The first kappa shape index (κ1) is 11.0. The standard InChI is InChI=1S/C12H16N2O2/c15-11-6-10(7-11)14-12(16)8-13-9-4-2-1-3-5-9/h1-5,10-11,13,15H,6-8H2,(H,14,16). The summed E-state index contributed by atoms with van der Waals surface area (Å²) in [6.07, 6.45) is 1.13. The lowest BCUT2D eigenvalue weighted by Crippen LogP contribution is -2.48. The lowest BCUT2D eigenvalue weighted by molar-refractivity contribution is -0.121. The third-order valence-electron chi connectivity index (χ3n) is 2.71. The fourth-order valence-corrected chi connectivity index (χ4v) is 1.72. The van der Waals surface area contributed by atoms with Crippen LogP contribution in [0.25, 0.3) is 0 Å². The molecule has 0 aliphatic heterocycles. The van der Waals surface area contributed by atoms with Crippen LogP contribution in [0.15, 0.2) is 30.3 Å². The summed E-state index contributed by atoms with van der Waals surface area (Å²) in [4.78, 5) is 11.5. The second kappa shape index (κ2) is 4.99. The molecule has 0 radical (unpaired) electrons. The van der Waals surface area contributed by atoms with Crippen molar-refractivity contribution in [3.63, 3.8) is 0 Å². The smallest absolute Gasteiger partial charge is 0.239 e. The van der Waals surface area contributed by atoms with Crippen LogP contribution in [0.2, 0.25) is 0 Å². The Morgan fingerprint density at radius 1 is 1.31 bits per heavy atom. The average molecular weight is 220 g/mol. The Balaban J connectivity index is 1.68. The number of rotatable bonds is 4. The average Bonchev–Trinajstić information content (AvgIpc) is 2.26. The first-order valence-corrected chi connectivity index (χ1v) is 5.50. The summed E-state index contributed by atoms with van der Waals surface area (Å²) in [6, 6.07) is 9.76. The third-order valence-corrected chi connectivity index (χ3v) is 2.71. The quantitative estimate of drug-likeness (QED) is 0.701. The molecule has 2 rings (SSSR count). The van der Waals surface area contributed by atoms with Crippen molar-refractivity contribution >= 4 is 11.6 Å². The van der Waals surface area contributed by atoms with Gasteiger partial charge in [-0.2, -0.15) is 0 Å². The Kier molecular flexibility index (Phi) is 3.41. The largest absolute Gasteiger partial charge is 0.393 e. The van der Waals surface area contributed by atoms with Crippen LogP contribution in [0.4, 0.5) is 5.69 Å². The molecule has 1 aromatic rings. The number of benzene rings is 1. The first-order chi connectivity index (χ1) is 7.74. The molecule has 86 valence electrons. The molecule has 0 unspecified atom stereocenters. The highest BCUT2D eigenvalue weighted by Gasteiger charge is 2.27. The van der Waals surface area contributed by atoms with E-state index in [0.717, 1.165) is 5.69 Å². The van der Waals surface area contributed by atoms with Gasteiger partial charge in [-0.25, -0.2) is 0 Å². The number of carbonyl (C=O) groups excluding carboxylic acids is 1. The lowest BCUT2D eigenvalue weighted by Gasteiger charge is -2.31. The van der Waals surface area contributed by atoms with E-state index in [9.17, 15) is 4.79 Å². The van der Waals surface area contributed by atoms with Crippen LogP contribution < -0.4 is 10.6 Å². The molecule has 1 amide bonds. The van der Waals surface area contributed by atoms with Crippen LogP contribution in [0.3, 0.4) is 0 Å². The number of hydrogen-bond acceptors (Lipinski definition) is 3. The summed E-state index contributed by atoms with van der Waals surface area (Å²) < 4.78 is 0. The van der Waals surface area contributed by atoms with Gasteiger partial charge in [0.25, 0.3) is 0 Å². The van der Waals surface area contributed by atoms with Crippen LogP contribution in [-0.2, 0) is 4.79 Å². The van der Waals surface area contributed by atoms with Gasteiger partial charge in [0.05, 0.1) is 12.6 Å². The van der Waals surface area contributed by atoms with Crippen molar-refractivity contribution in [1.82, 2.24) is 5.32 Å². The zero-order valence-corrected chi connectivity index (χ0v) is 9.02. The molecule has 0 bridgehead atoms. The molecule has 1 aliphatic rings. The molecule has 1 aliphatic carbocycles. The molecule has 4 heteroatoms. The number of para-hydroxylation sites is 1. The number of aliphatic hydroxyl groups is 1. The van der Waals surface area contributed by atoms with Gasteiger partial charge in [0.2, 0.25) is 5.91 Å². The van der Waals surface area contributed by atoms with Crippen molar-refractivity contribution in [3.05, 3.63) is 30.3 Å². The number of anilines is 1. The molecule has 1 saturated carbocycles. The molecule has 16 heavy (non-hydrogen) atoms. The van der Waals surface area contributed by atoms with Gasteiger partial charge in [0.1, 0.15) is 0 Å². The van der Waals surface area contributed by atoms with Crippen molar-refractivity contribution in [2.45, 2.75) is 25.0 Å². The van der Waals surface area contributed by atoms with Crippen molar-refractivity contribution in [3.8, 4) is 0 Å². The summed E-state index contributed by atoms with van der Waals surface area (Å²) in [6.45, 7) is 0.274. The molecule has 1 aromatic carbocycles. The lowest BCUT2D eigenvalue weighted by atomic mass is 9.89. The number of nitrogens with one attached hydrogen (secondary N) is 2. The molecular formula is C12H16N2O2. The molecule has 0 aromatic heterocycles. The van der Waals surface area contributed by atoms with Gasteiger partial charge < -0.3 is 15.7 Å². The van der Waals surface area contributed by atoms with Gasteiger partial charge >= 0.3 is 0 Å². The monoisotopic (exact) mass is 220 g/mol. The fourth-order valence-electron chi connectivity index (χ4n) is 1.72. The summed E-state index contributed by atoms with van der Waals surface area (Å²) in [5.74, 6) is -0.0271. The van der Waals surface area contributed by atoms with Gasteiger partial charge in [0, 0.05) is 11.7 Å². The Morgan fingerprint density at radius 2 is 2.00 bits per heavy atom. The SMILES string of the molecule is O=C(CNc1ccccc1)NC1CC(O)C1. The van der Waals surface area contributed by atoms with Crippen molar-refractivity contribution in [2.75, 3.05) is 11.9 Å². The van der Waals surface area contributed by atoms with E-state index in [1.807, 2.05) is 30.3 Å². The maximum absolute atomic E-state index is 11.5. The van der Waals surface area contributed by atoms with E-state index in [0.29, 0.717) is 12.8 Å². The summed E-state index contributed by atoms with van der Waals surface area (Å²) >= 11 is 0. The van der Waals surface area contributed by atoms with E-state index in [2.05, 4.69) is 10.6 Å². The van der Waals surface area contributed by atoms with Crippen molar-refractivity contribution in [1.29, 1.82) is 0 Å². The maximum atomic E-state index is 11.5. The van der Waals surface area contributed by atoms with Crippen LogP contribution >= 0.6 is 0 Å². The zero-order chi connectivity index (χ0) is 11.4. The number of hydrogen-bond donors (Lipinski definition) is 3. The van der Waals surface area contributed by atoms with Crippen LogP contribution in [0, 0.1) is 0 Å². The van der Waals surface area contributed by atoms with Crippen molar-refractivity contribution in [2.24, 2.45) is 0 Å². The van der Waals surface area contributed by atoms with E-state index < -0.39 is 0 Å². The Morgan fingerprint density at radius 3 is 2.62 bits per heavy atom. The minimum absolute atomic E-state index is 0.0271. The molecule has 0 spiro atoms. The predicted molar refractivity (Wildman–Crippen MR) is 62.1 cm³/mol. The molecule has 0 heterocycles. The molecule has 1 fully saturated rings. The van der Waals surface area contributed by atoms with E-state index in [1.54, 1.807) is 0 Å². The van der Waals surface area contributed by atoms with Gasteiger partial charge in [-0.3, -0.25) is 4.79 Å². The number of amides is 1. The summed E-state index contributed by atoms with van der Waals surface area (Å²) in [5.41, 5.74) is 0.936. The first-order valence-electron chi connectivity index (χ1n) is 5.50. The number of aliphatic hydroxyl groups excluding tert-OH is 1. The highest BCUT2D eigenvalue weighted by Crippen LogP contribution is 2.18. The second-order valence-electron chi connectivity index (χ2n) is 4.11. The molecule has 3 N–H and O–H groups in total. The molecular weight excluding hydrogens is 204 g/mol. The van der Waals surface area contributed by atoms with Gasteiger partial charge in [-0.1, -0.05) is 18.2 Å². The van der Waals surface area contributed by atoms with Gasteiger partial charge in [0.15, 0.2) is 0 Å². The van der Waals surface area contributed by atoms with Gasteiger partial charge in [-0.15, -0.1) is 0 Å². The zero-order valence-electron chi connectivity index (χ0n) is 9.02. The van der Waals surface area contributed by atoms with Crippen LogP contribution in [0.1, 0.15) is 12.8 Å². The second-order valence-corrected chi connectivity index (χ2v) is 4.11. The van der Waals surface area contributed by atoms with E-state index in [-0.39, 0.29) is 24.6 Å². The van der Waals surface area contributed by atoms with Gasteiger partial charge in [-0.05, 0) is 25.0 Å². The van der Waals surface area contributed by atoms with Crippen LogP contribution in [0.5, 0.6) is 0 Å². The Labute approximate surface area is 94.7 Å². The van der Waals surface area contributed by atoms with E-state index in [4.69, 9.17) is 5.11 Å². The van der Waals surface area contributed by atoms with Crippen LogP contribution in [-0.4, -0.2) is 29.7 Å². The van der Waals surface area contributed by atoms with E-state index in [1.165, 1.54) is 0 Å². The fraction of sp³-hybridized carbons (Fsp3) is 0.417. The molecule has 0 atom stereocenters.